The summed E-state index contributed by atoms with van der Waals surface area (Å²) in [4.78, 5) is 23.4. The third-order valence-corrected chi connectivity index (χ3v) is 3.80. The first kappa shape index (κ1) is 14.8. The zero-order chi connectivity index (χ0) is 14.9. The van der Waals surface area contributed by atoms with Crippen LogP contribution in [0.3, 0.4) is 0 Å². The van der Waals surface area contributed by atoms with E-state index in [1.807, 2.05) is 0 Å². The van der Waals surface area contributed by atoms with Gasteiger partial charge in [0.2, 0.25) is 0 Å². The number of nitrogen functional groups attached to an aromatic ring is 1. The number of rotatable bonds is 2. The molecule has 1 fully saturated rings. The quantitative estimate of drug-likeness (QED) is 0.479. The van der Waals surface area contributed by atoms with Crippen molar-refractivity contribution in [1.82, 2.24) is 5.43 Å². The van der Waals surface area contributed by atoms with E-state index in [0.717, 1.165) is 4.90 Å². The van der Waals surface area contributed by atoms with Crippen LogP contribution in [0.1, 0.15) is 15.2 Å². The van der Waals surface area contributed by atoms with Gasteiger partial charge in [0.25, 0.3) is 11.8 Å². The SMILES string of the molecule is NNC(=O)c1cc(C(F)(F)F)sc1N1CCOCC1=O. The molecule has 1 saturated heterocycles. The number of amides is 2. The molecular weight excluding hydrogens is 299 g/mol. The Morgan fingerprint density at radius 3 is 2.75 bits per heavy atom. The first-order valence-corrected chi connectivity index (χ1v) is 6.26. The lowest BCUT2D eigenvalue weighted by Gasteiger charge is -2.26. The molecule has 110 valence electrons. The van der Waals surface area contributed by atoms with Crippen molar-refractivity contribution in [2.75, 3.05) is 24.7 Å². The van der Waals surface area contributed by atoms with Crippen LogP contribution in [0.25, 0.3) is 0 Å². The van der Waals surface area contributed by atoms with Gasteiger partial charge in [-0.25, -0.2) is 5.84 Å². The van der Waals surface area contributed by atoms with Crippen LogP contribution in [0.4, 0.5) is 18.2 Å². The van der Waals surface area contributed by atoms with Gasteiger partial charge in [0, 0.05) is 0 Å². The van der Waals surface area contributed by atoms with Crippen molar-refractivity contribution in [3.63, 3.8) is 0 Å². The molecule has 0 unspecified atom stereocenters. The number of hydrogen-bond acceptors (Lipinski definition) is 5. The lowest BCUT2D eigenvalue weighted by molar-refractivity contribution is -0.134. The number of hydrazine groups is 1. The number of anilines is 1. The summed E-state index contributed by atoms with van der Waals surface area (Å²) in [5.74, 6) is 3.57. The standard InChI is InChI=1S/C10H10F3N3O3S/c11-10(12,13)6-3-5(8(18)15-14)9(20-6)16-1-2-19-4-7(16)17/h3H,1-2,4,14H2,(H,15,18). The lowest BCUT2D eigenvalue weighted by atomic mass is 10.2. The van der Waals surface area contributed by atoms with Gasteiger partial charge in [-0.05, 0) is 6.07 Å². The number of thiophene rings is 1. The predicted octanol–water partition coefficient (Wildman–Crippen LogP) is 0.734. The molecule has 20 heavy (non-hydrogen) atoms. The van der Waals surface area contributed by atoms with E-state index in [0.29, 0.717) is 17.4 Å². The molecular formula is C10H10F3N3O3S. The number of carbonyl (C=O) groups is 2. The third kappa shape index (κ3) is 2.76. The number of morpholine rings is 1. The molecule has 0 aromatic carbocycles. The highest BCUT2D eigenvalue weighted by molar-refractivity contribution is 7.16. The maximum absolute atomic E-state index is 12.7. The van der Waals surface area contributed by atoms with Crippen LogP contribution in [-0.2, 0) is 15.7 Å². The molecule has 0 bridgehead atoms. The van der Waals surface area contributed by atoms with E-state index in [9.17, 15) is 22.8 Å². The second-order valence-corrected chi connectivity index (χ2v) is 4.93. The van der Waals surface area contributed by atoms with Gasteiger partial charge in [-0.1, -0.05) is 0 Å². The van der Waals surface area contributed by atoms with Crippen molar-refractivity contribution in [1.29, 1.82) is 0 Å². The Hall–Kier alpha value is -1.65. The number of hydrogen-bond donors (Lipinski definition) is 2. The maximum atomic E-state index is 12.7. The van der Waals surface area contributed by atoms with Crippen LogP contribution in [0.2, 0.25) is 0 Å². The number of nitrogens with two attached hydrogens (primary N) is 1. The predicted molar refractivity (Wildman–Crippen MR) is 64.1 cm³/mol. The van der Waals surface area contributed by atoms with E-state index in [4.69, 9.17) is 10.6 Å². The van der Waals surface area contributed by atoms with Crippen molar-refractivity contribution >= 4 is 28.2 Å². The molecule has 0 spiro atoms. The van der Waals surface area contributed by atoms with Crippen molar-refractivity contribution in [3.05, 3.63) is 16.5 Å². The Bertz CT molecular complexity index is 544. The summed E-state index contributed by atoms with van der Waals surface area (Å²) in [6.07, 6.45) is -4.60. The summed E-state index contributed by atoms with van der Waals surface area (Å²) in [5.41, 5.74) is 1.49. The molecule has 0 aliphatic carbocycles. The fourth-order valence-electron chi connectivity index (χ4n) is 1.69. The minimum atomic E-state index is -4.60. The molecule has 1 aliphatic rings. The van der Waals surface area contributed by atoms with Crippen molar-refractivity contribution in [2.45, 2.75) is 6.18 Å². The Labute approximate surface area is 115 Å². The molecule has 2 amide bonds. The Morgan fingerprint density at radius 1 is 1.50 bits per heavy atom. The molecule has 0 saturated carbocycles. The van der Waals surface area contributed by atoms with Gasteiger partial charge in [0.15, 0.2) is 0 Å². The highest BCUT2D eigenvalue weighted by Crippen LogP contribution is 2.41. The number of nitrogens with zero attached hydrogens (tertiary/aromatic N) is 1. The molecule has 3 N–H and O–H groups in total. The zero-order valence-electron chi connectivity index (χ0n) is 9.99. The van der Waals surface area contributed by atoms with Gasteiger partial charge in [0.05, 0.1) is 18.7 Å². The summed E-state index contributed by atoms with van der Waals surface area (Å²) < 4.78 is 43.1. The zero-order valence-corrected chi connectivity index (χ0v) is 10.8. The summed E-state index contributed by atoms with van der Waals surface area (Å²) in [5, 5.41) is -0.0754. The van der Waals surface area contributed by atoms with E-state index in [1.165, 1.54) is 0 Å². The van der Waals surface area contributed by atoms with E-state index >= 15 is 0 Å². The van der Waals surface area contributed by atoms with Gasteiger partial charge >= 0.3 is 6.18 Å². The van der Waals surface area contributed by atoms with E-state index in [-0.39, 0.29) is 30.3 Å². The van der Waals surface area contributed by atoms with Crippen molar-refractivity contribution in [3.8, 4) is 0 Å². The Balaban J connectivity index is 2.46. The van der Waals surface area contributed by atoms with Gasteiger partial charge < -0.3 is 4.74 Å². The maximum Gasteiger partial charge on any atom is 0.425 e. The molecule has 6 nitrogen and oxygen atoms in total. The van der Waals surface area contributed by atoms with Crippen molar-refractivity contribution in [2.24, 2.45) is 5.84 Å². The fraction of sp³-hybridized carbons (Fsp3) is 0.400. The molecule has 0 radical (unpaired) electrons. The van der Waals surface area contributed by atoms with Crippen molar-refractivity contribution < 1.29 is 27.5 Å². The molecule has 10 heteroatoms. The Morgan fingerprint density at radius 2 is 2.20 bits per heavy atom. The first-order valence-electron chi connectivity index (χ1n) is 5.44. The topological polar surface area (TPSA) is 84.7 Å². The minimum Gasteiger partial charge on any atom is -0.370 e. The van der Waals surface area contributed by atoms with Gasteiger partial charge in [-0.15, -0.1) is 11.3 Å². The van der Waals surface area contributed by atoms with E-state index in [2.05, 4.69) is 0 Å². The average molecular weight is 309 g/mol. The summed E-state index contributed by atoms with van der Waals surface area (Å²) >= 11 is 0.329. The van der Waals surface area contributed by atoms with Crippen LogP contribution < -0.4 is 16.2 Å². The second kappa shape index (κ2) is 5.38. The van der Waals surface area contributed by atoms with E-state index in [1.54, 1.807) is 5.43 Å². The highest BCUT2D eigenvalue weighted by Gasteiger charge is 2.37. The highest BCUT2D eigenvalue weighted by atomic mass is 32.1. The van der Waals surface area contributed by atoms with Crippen LogP contribution in [0.15, 0.2) is 6.07 Å². The van der Waals surface area contributed by atoms with Crippen LogP contribution in [-0.4, -0.2) is 31.6 Å². The van der Waals surface area contributed by atoms with Gasteiger partial charge in [-0.3, -0.25) is 19.9 Å². The molecule has 0 atom stereocenters. The number of nitrogens with one attached hydrogen (secondary N) is 1. The molecule has 1 aromatic heterocycles. The summed E-state index contributed by atoms with van der Waals surface area (Å²) in [6.45, 7) is 0.0408. The molecule has 1 aromatic rings. The second-order valence-electron chi connectivity index (χ2n) is 3.90. The van der Waals surface area contributed by atoms with Crippen LogP contribution >= 0.6 is 11.3 Å². The Kier molecular flexibility index (Phi) is 3.97. The molecule has 2 heterocycles. The summed E-state index contributed by atoms with van der Waals surface area (Å²) in [6, 6.07) is 0.685. The van der Waals surface area contributed by atoms with Crippen LogP contribution in [0.5, 0.6) is 0 Å². The average Bonchev–Trinajstić information content (AvgIpc) is 2.83. The number of halogens is 3. The number of ether oxygens (including phenoxy) is 1. The third-order valence-electron chi connectivity index (χ3n) is 2.60. The summed E-state index contributed by atoms with van der Waals surface area (Å²) in [7, 11) is 0. The largest absolute Gasteiger partial charge is 0.425 e. The normalized spacial score (nSPS) is 16.4. The molecule has 1 aliphatic heterocycles. The van der Waals surface area contributed by atoms with Crippen LogP contribution in [0, 0.1) is 0 Å². The smallest absolute Gasteiger partial charge is 0.370 e. The monoisotopic (exact) mass is 309 g/mol. The molecule has 2 rings (SSSR count). The lowest BCUT2D eigenvalue weighted by Crippen LogP contribution is -2.42. The fourth-order valence-corrected chi connectivity index (χ4v) is 2.76. The number of alkyl halides is 3. The number of carbonyl (C=O) groups excluding carboxylic acids is 2. The first-order chi connectivity index (χ1) is 9.34. The minimum absolute atomic E-state index is 0.0754. The van der Waals surface area contributed by atoms with Gasteiger partial charge in [-0.2, -0.15) is 13.2 Å². The van der Waals surface area contributed by atoms with Gasteiger partial charge in [0.1, 0.15) is 16.5 Å². The van der Waals surface area contributed by atoms with E-state index < -0.39 is 22.9 Å².